The Kier molecular flexibility index (Phi) is 5.83. The van der Waals surface area contributed by atoms with Gasteiger partial charge in [0.1, 0.15) is 6.54 Å². The second kappa shape index (κ2) is 8.55. The Morgan fingerprint density at radius 2 is 1.61 bits per heavy atom. The fraction of sp³-hybridized carbons (Fsp3) is 0.240. The first-order valence-corrected chi connectivity index (χ1v) is 11.9. The first-order chi connectivity index (χ1) is 14.9. The van der Waals surface area contributed by atoms with E-state index in [1.165, 1.54) is 4.31 Å². The summed E-state index contributed by atoms with van der Waals surface area (Å²) < 4.78 is 28.5. The molecule has 160 valence electrons. The van der Waals surface area contributed by atoms with E-state index >= 15 is 0 Å². The van der Waals surface area contributed by atoms with Crippen LogP contribution in [-0.4, -0.2) is 27.4 Å². The SMILES string of the molecule is Cc1ccc(S(=O)(=O)N(CC(=O)N2CCCc3ccccc32)c2ccccc2C)cc1. The van der Waals surface area contributed by atoms with E-state index in [-0.39, 0.29) is 17.3 Å². The Bertz CT molecular complexity index is 1200. The minimum absolute atomic E-state index is 0.174. The van der Waals surface area contributed by atoms with Crippen LogP contribution in [0.2, 0.25) is 0 Å². The molecule has 1 amide bonds. The van der Waals surface area contributed by atoms with Gasteiger partial charge >= 0.3 is 0 Å². The number of nitrogens with zero attached hydrogens (tertiary/aromatic N) is 2. The Labute approximate surface area is 184 Å². The molecule has 3 aromatic rings. The predicted molar refractivity (Wildman–Crippen MR) is 124 cm³/mol. The molecule has 0 aliphatic carbocycles. The summed E-state index contributed by atoms with van der Waals surface area (Å²) in [4.78, 5) is 15.3. The monoisotopic (exact) mass is 434 g/mol. The summed E-state index contributed by atoms with van der Waals surface area (Å²) in [6.45, 7) is 4.10. The highest BCUT2D eigenvalue weighted by molar-refractivity contribution is 7.92. The lowest BCUT2D eigenvalue weighted by atomic mass is 10.0. The quantitative estimate of drug-likeness (QED) is 0.595. The summed E-state index contributed by atoms with van der Waals surface area (Å²) in [6, 6.07) is 21.8. The summed E-state index contributed by atoms with van der Waals surface area (Å²) in [6.07, 6.45) is 1.78. The number of benzene rings is 3. The molecule has 0 N–H and O–H groups in total. The number of carbonyl (C=O) groups excluding carboxylic acids is 1. The molecule has 1 heterocycles. The van der Waals surface area contributed by atoms with Gasteiger partial charge in [-0.2, -0.15) is 0 Å². The van der Waals surface area contributed by atoms with Gasteiger partial charge in [-0.25, -0.2) is 8.42 Å². The van der Waals surface area contributed by atoms with E-state index in [4.69, 9.17) is 0 Å². The molecular formula is C25H26N2O3S. The zero-order valence-corrected chi connectivity index (χ0v) is 18.6. The van der Waals surface area contributed by atoms with E-state index in [0.29, 0.717) is 12.2 Å². The molecule has 6 heteroatoms. The number of carbonyl (C=O) groups is 1. The Balaban J connectivity index is 1.73. The van der Waals surface area contributed by atoms with Crippen LogP contribution in [0.25, 0.3) is 0 Å². The summed E-state index contributed by atoms with van der Waals surface area (Å²) in [7, 11) is -3.92. The molecular weight excluding hydrogens is 408 g/mol. The van der Waals surface area contributed by atoms with Crippen molar-refractivity contribution in [3.8, 4) is 0 Å². The molecule has 4 rings (SSSR count). The Hall–Kier alpha value is -3.12. The molecule has 1 aliphatic heterocycles. The van der Waals surface area contributed by atoms with Crippen LogP contribution in [0.3, 0.4) is 0 Å². The molecule has 31 heavy (non-hydrogen) atoms. The number of fused-ring (bicyclic) bond motifs is 1. The van der Waals surface area contributed by atoms with Gasteiger partial charge in [-0.3, -0.25) is 9.10 Å². The van der Waals surface area contributed by atoms with E-state index in [0.717, 1.165) is 35.2 Å². The van der Waals surface area contributed by atoms with Crippen LogP contribution in [0.15, 0.2) is 77.7 Å². The summed E-state index contributed by atoms with van der Waals surface area (Å²) >= 11 is 0. The molecule has 0 spiro atoms. The topological polar surface area (TPSA) is 57.7 Å². The van der Waals surface area contributed by atoms with Crippen LogP contribution in [-0.2, 0) is 21.2 Å². The number of aryl methyl sites for hydroxylation is 3. The highest BCUT2D eigenvalue weighted by Gasteiger charge is 2.31. The molecule has 5 nitrogen and oxygen atoms in total. The standard InChI is InChI=1S/C25H26N2O3S/c1-19-13-15-22(16-14-19)31(29,30)27(23-11-5-3-8-20(23)2)18-25(28)26-17-7-10-21-9-4-6-12-24(21)26/h3-6,8-9,11-16H,7,10,17-18H2,1-2H3. The van der Waals surface area contributed by atoms with E-state index in [2.05, 4.69) is 0 Å². The van der Waals surface area contributed by atoms with Crippen LogP contribution in [0.1, 0.15) is 23.1 Å². The van der Waals surface area contributed by atoms with Gasteiger partial charge in [-0.1, -0.05) is 54.1 Å². The van der Waals surface area contributed by atoms with Crippen LogP contribution in [0.5, 0.6) is 0 Å². The first-order valence-electron chi connectivity index (χ1n) is 10.4. The third kappa shape index (κ3) is 4.21. The molecule has 0 fully saturated rings. The van der Waals surface area contributed by atoms with Crippen molar-refractivity contribution in [2.75, 3.05) is 22.3 Å². The smallest absolute Gasteiger partial charge is 0.264 e. The van der Waals surface area contributed by atoms with E-state index < -0.39 is 10.0 Å². The number of hydrogen-bond donors (Lipinski definition) is 0. The second-order valence-corrected chi connectivity index (χ2v) is 9.75. The Morgan fingerprint density at radius 3 is 2.35 bits per heavy atom. The molecule has 0 saturated heterocycles. The normalized spacial score (nSPS) is 13.5. The van der Waals surface area contributed by atoms with Gasteiger partial charge in [0.05, 0.1) is 10.6 Å². The number of hydrogen-bond acceptors (Lipinski definition) is 3. The van der Waals surface area contributed by atoms with Crippen LogP contribution in [0, 0.1) is 13.8 Å². The van der Waals surface area contributed by atoms with Gasteiger partial charge in [0.25, 0.3) is 10.0 Å². The minimum atomic E-state index is -3.92. The largest absolute Gasteiger partial charge is 0.311 e. The van der Waals surface area contributed by atoms with Crippen LogP contribution < -0.4 is 9.21 Å². The molecule has 0 atom stereocenters. The van der Waals surface area contributed by atoms with E-state index in [9.17, 15) is 13.2 Å². The summed E-state index contributed by atoms with van der Waals surface area (Å²) in [5.74, 6) is -0.230. The van der Waals surface area contributed by atoms with Gasteiger partial charge in [0.15, 0.2) is 0 Å². The zero-order valence-electron chi connectivity index (χ0n) is 17.8. The van der Waals surface area contributed by atoms with Crippen molar-refractivity contribution in [2.45, 2.75) is 31.6 Å². The molecule has 0 aromatic heterocycles. The lowest BCUT2D eigenvalue weighted by Crippen LogP contribution is -2.45. The van der Waals surface area contributed by atoms with Crippen molar-refractivity contribution in [1.29, 1.82) is 0 Å². The third-order valence-corrected chi connectivity index (χ3v) is 7.46. The number of anilines is 2. The average molecular weight is 435 g/mol. The molecule has 3 aromatic carbocycles. The lowest BCUT2D eigenvalue weighted by Gasteiger charge is -2.32. The number of rotatable bonds is 5. The van der Waals surface area contributed by atoms with Crippen molar-refractivity contribution in [3.63, 3.8) is 0 Å². The van der Waals surface area contributed by atoms with Gasteiger partial charge in [0.2, 0.25) is 5.91 Å². The van der Waals surface area contributed by atoms with Crippen molar-refractivity contribution in [1.82, 2.24) is 0 Å². The van der Waals surface area contributed by atoms with Crippen LogP contribution in [0.4, 0.5) is 11.4 Å². The lowest BCUT2D eigenvalue weighted by molar-refractivity contribution is -0.117. The number of sulfonamides is 1. The van der Waals surface area contributed by atoms with Gasteiger partial charge < -0.3 is 4.90 Å². The second-order valence-electron chi connectivity index (χ2n) is 7.89. The molecule has 0 bridgehead atoms. The maximum Gasteiger partial charge on any atom is 0.264 e. The van der Waals surface area contributed by atoms with E-state index in [1.807, 2.05) is 50.2 Å². The highest BCUT2D eigenvalue weighted by atomic mass is 32.2. The molecule has 0 saturated carbocycles. The predicted octanol–water partition coefficient (Wildman–Crippen LogP) is 4.48. The molecule has 0 radical (unpaired) electrons. The summed E-state index contributed by atoms with van der Waals surface area (Å²) in [5.41, 5.74) is 4.27. The maximum atomic E-state index is 13.6. The summed E-state index contributed by atoms with van der Waals surface area (Å²) in [5, 5.41) is 0. The fourth-order valence-corrected chi connectivity index (χ4v) is 5.46. The van der Waals surface area contributed by atoms with Crippen molar-refractivity contribution >= 4 is 27.3 Å². The molecule has 1 aliphatic rings. The minimum Gasteiger partial charge on any atom is -0.311 e. The molecule has 0 unspecified atom stereocenters. The first kappa shape index (κ1) is 21.1. The maximum absolute atomic E-state index is 13.6. The third-order valence-electron chi connectivity index (χ3n) is 5.68. The van der Waals surface area contributed by atoms with Crippen molar-refractivity contribution in [2.24, 2.45) is 0 Å². The van der Waals surface area contributed by atoms with Gasteiger partial charge in [0, 0.05) is 12.2 Å². The fourth-order valence-electron chi connectivity index (χ4n) is 3.98. The van der Waals surface area contributed by atoms with Gasteiger partial charge in [-0.05, 0) is 62.1 Å². The van der Waals surface area contributed by atoms with Crippen LogP contribution >= 0.6 is 0 Å². The number of para-hydroxylation sites is 2. The average Bonchev–Trinajstić information content (AvgIpc) is 2.78. The highest BCUT2D eigenvalue weighted by Crippen LogP contribution is 2.30. The number of amides is 1. The van der Waals surface area contributed by atoms with Crippen molar-refractivity contribution in [3.05, 3.63) is 89.5 Å². The van der Waals surface area contributed by atoms with Crippen molar-refractivity contribution < 1.29 is 13.2 Å². The Morgan fingerprint density at radius 1 is 0.935 bits per heavy atom. The zero-order chi connectivity index (χ0) is 22.0. The van der Waals surface area contributed by atoms with E-state index in [1.54, 1.807) is 41.3 Å². The van der Waals surface area contributed by atoms with Gasteiger partial charge in [-0.15, -0.1) is 0 Å².